The van der Waals surface area contributed by atoms with Gasteiger partial charge in [0.1, 0.15) is 5.69 Å². The quantitative estimate of drug-likeness (QED) is 0.638. The lowest BCUT2D eigenvalue weighted by Crippen LogP contribution is -2.15. The molecule has 0 heterocycles. The second kappa shape index (κ2) is 5.97. The summed E-state index contributed by atoms with van der Waals surface area (Å²) in [5.41, 5.74) is 1.27. The molecule has 0 saturated carbocycles. The lowest BCUT2D eigenvalue weighted by molar-refractivity contribution is -0.384. The summed E-state index contributed by atoms with van der Waals surface area (Å²) in [7, 11) is 0. The molecule has 0 aliphatic heterocycles. The van der Waals surface area contributed by atoms with Crippen molar-refractivity contribution in [2.45, 2.75) is 6.04 Å². The number of anilines is 1. The summed E-state index contributed by atoms with van der Waals surface area (Å²) >= 11 is 0. The zero-order valence-electron chi connectivity index (χ0n) is 10.2. The van der Waals surface area contributed by atoms with Crippen LogP contribution in [0.5, 0.6) is 0 Å². The second-order valence-electron chi connectivity index (χ2n) is 4.06. The van der Waals surface area contributed by atoms with E-state index in [-0.39, 0.29) is 18.3 Å². The van der Waals surface area contributed by atoms with Gasteiger partial charge in [0.2, 0.25) is 0 Å². The summed E-state index contributed by atoms with van der Waals surface area (Å²) in [4.78, 5) is 10.5. The van der Waals surface area contributed by atoms with Gasteiger partial charge < -0.3 is 10.4 Å². The van der Waals surface area contributed by atoms with E-state index < -0.39 is 4.92 Å². The van der Waals surface area contributed by atoms with Crippen molar-refractivity contribution < 1.29 is 10.0 Å². The van der Waals surface area contributed by atoms with Crippen molar-refractivity contribution in [3.05, 3.63) is 70.3 Å². The van der Waals surface area contributed by atoms with E-state index in [1.165, 1.54) is 6.07 Å². The highest BCUT2D eigenvalue weighted by atomic mass is 16.6. The molecule has 2 aromatic carbocycles. The van der Waals surface area contributed by atoms with Gasteiger partial charge in [-0.3, -0.25) is 10.1 Å². The summed E-state index contributed by atoms with van der Waals surface area (Å²) < 4.78 is 0. The molecule has 0 aromatic heterocycles. The van der Waals surface area contributed by atoms with E-state index >= 15 is 0 Å². The normalized spacial score (nSPS) is 11.8. The topological polar surface area (TPSA) is 75.4 Å². The lowest BCUT2D eigenvalue weighted by Gasteiger charge is -2.17. The van der Waals surface area contributed by atoms with Crippen molar-refractivity contribution in [2.75, 3.05) is 11.9 Å². The van der Waals surface area contributed by atoms with Crippen molar-refractivity contribution in [1.29, 1.82) is 0 Å². The molecule has 0 spiro atoms. The van der Waals surface area contributed by atoms with E-state index in [9.17, 15) is 15.2 Å². The van der Waals surface area contributed by atoms with E-state index in [0.717, 1.165) is 5.56 Å². The van der Waals surface area contributed by atoms with Crippen LogP contribution in [-0.2, 0) is 0 Å². The number of nitrogens with zero attached hydrogens (tertiary/aromatic N) is 1. The highest BCUT2D eigenvalue weighted by Gasteiger charge is 2.16. The van der Waals surface area contributed by atoms with Gasteiger partial charge in [0.15, 0.2) is 0 Å². The van der Waals surface area contributed by atoms with Crippen LogP contribution in [0.1, 0.15) is 11.6 Å². The predicted molar refractivity (Wildman–Crippen MR) is 73.0 cm³/mol. The molecular weight excluding hydrogens is 244 g/mol. The van der Waals surface area contributed by atoms with Gasteiger partial charge in [-0.05, 0) is 11.6 Å². The molecule has 5 heteroatoms. The monoisotopic (exact) mass is 258 g/mol. The van der Waals surface area contributed by atoms with Crippen molar-refractivity contribution >= 4 is 11.4 Å². The van der Waals surface area contributed by atoms with Gasteiger partial charge in [0, 0.05) is 6.07 Å². The molecule has 1 atom stereocenters. The van der Waals surface area contributed by atoms with E-state index in [0.29, 0.717) is 5.69 Å². The largest absolute Gasteiger partial charge is 0.394 e. The molecule has 2 aromatic rings. The highest BCUT2D eigenvalue weighted by Crippen LogP contribution is 2.27. The van der Waals surface area contributed by atoms with Crippen LogP contribution in [0.15, 0.2) is 54.6 Å². The number of benzene rings is 2. The Bertz CT molecular complexity index is 558. The molecule has 0 amide bonds. The molecule has 0 unspecified atom stereocenters. The first kappa shape index (κ1) is 13.0. The molecule has 98 valence electrons. The lowest BCUT2D eigenvalue weighted by atomic mass is 10.1. The number of para-hydroxylation sites is 2. The van der Waals surface area contributed by atoms with Gasteiger partial charge in [0.25, 0.3) is 5.69 Å². The zero-order valence-corrected chi connectivity index (χ0v) is 10.2. The zero-order chi connectivity index (χ0) is 13.7. The number of nitro benzene ring substituents is 1. The third kappa shape index (κ3) is 3.08. The van der Waals surface area contributed by atoms with Crippen molar-refractivity contribution in [2.24, 2.45) is 0 Å². The third-order valence-corrected chi connectivity index (χ3v) is 2.81. The molecule has 0 fully saturated rings. The molecule has 2 rings (SSSR count). The average molecular weight is 258 g/mol. The number of nitro groups is 1. The molecule has 0 bridgehead atoms. The van der Waals surface area contributed by atoms with Gasteiger partial charge in [-0.1, -0.05) is 42.5 Å². The molecule has 19 heavy (non-hydrogen) atoms. The fourth-order valence-electron chi connectivity index (χ4n) is 1.86. The van der Waals surface area contributed by atoms with Gasteiger partial charge in [-0.25, -0.2) is 0 Å². The predicted octanol–water partition coefficient (Wildman–Crippen LogP) is 2.74. The molecule has 0 radical (unpaired) electrons. The number of aliphatic hydroxyl groups is 1. The van der Waals surface area contributed by atoms with E-state index in [4.69, 9.17) is 0 Å². The van der Waals surface area contributed by atoms with Crippen LogP contribution in [-0.4, -0.2) is 16.6 Å². The number of hydrogen-bond acceptors (Lipinski definition) is 4. The van der Waals surface area contributed by atoms with Crippen LogP contribution in [0, 0.1) is 10.1 Å². The van der Waals surface area contributed by atoms with E-state index in [1.54, 1.807) is 18.2 Å². The number of nitrogens with one attached hydrogen (secondary N) is 1. The maximum atomic E-state index is 10.9. The summed E-state index contributed by atoms with van der Waals surface area (Å²) in [6, 6.07) is 15.3. The fraction of sp³-hybridized carbons (Fsp3) is 0.143. The Balaban J connectivity index is 2.27. The minimum atomic E-state index is -0.443. The van der Waals surface area contributed by atoms with E-state index in [1.807, 2.05) is 30.3 Å². The maximum Gasteiger partial charge on any atom is 0.292 e. The Labute approximate surface area is 110 Å². The van der Waals surface area contributed by atoms with Crippen LogP contribution in [0.2, 0.25) is 0 Å². The van der Waals surface area contributed by atoms with Crippen LogP contribution in [0.25, 0.3) is 0 Å². The van der Waals surface area contributed by atoms with Gasteiger partial charge in [-0.15, -0.1) is 0 Å². The van der Waals surface area contributed by atoms with Gasteiger partial charge in [-0.2, -0.15) is 0 Å². The van der Waals surface area contributed by atoms with Gasteiger partial charge in [0.05, 0.1) is 17.6 Å². The standard InChI is InChI=1S/C14H14N2O3/c17-10-13(11-6-2-1-3-7-11)15-12-8-4-5-9-14(12)16(18)19/h1-9,13,15,17H,10H2/t13-/m1/s1. The summed E-state index contributed by atoms with van der Waals surface area (Å²) in [5, 5.41) is 23.4. The minimum absolute atomic E-state index is 0.00289. The van der Waals surface area contributed by atoms with Crippen molar-refractivity contribution in [3.63, 3.8) is 0 Å². The van der Waals surface area contributed by atoms with Crippen LogP contribution < -0.4 is 5.32 Å². The Hall–Kier alpha value is -2.40. The third-order valence-electron chi connectivity index (χ3n) is 2.81. The Morgan fingerprint density at radius 1 is 1.11 bits per heavy atom. The van der Waals surface area contributed by atoms with Crippen LogP contribution in [0.3, 0.4) is 0 Å². The fourth-order valence-corrected chi connectivity index (χ4v) is 1.86. The highest BCUT2D eigenvalue weighted by molar-refractivity contribution is 5.62. The number of aliphatic hydroxyl groups excluding tert-OH is 1. The first-order valence-corrected chi connectivity index (χ1v) is 5.88. The molecule has 0 aliphatic rings. The molecule has 0 aliphatic carbocycles. The summed E-state index contributed by atoms with van der Waals surface area (Å²) in [6.07, 6.45) is 0. The molecule has 5 nitrogen and oxygen atoms in total. The van der Waals surface area contributed by atoms with Gasteiger partial charge >= 0.3 is 0 Å². The SMILES string of the molecule is O=[N+]([O-])c1ccccc1N[C@H](CO)c1ccccc1. The average Bonchev–Trinajstić information content (AvgIpc) is 2.46. The second-order valence-corrected chi connectivity index (χ2v) is 4.06. The summed E-state index contributed by atoms with van der Waals surface area (Å²) in [6.45, 7) is -0.143. The van der Waals surface area contributed by atoms with Crippen molar-refractivity contribution in [3.8, 4) is 0 Å². The van der Waals surface area contributed by atoms with Crippen LogP contribution in [0.4, 0.5) is 11.4 Å². The maximum absolute atomic E-state index is 10.9. The number of rotatable bonds is 5. The Morgan fingerprint density at radius 3 is 2.37 bits per heavy atom. The molecule has 0 saturated heterocycles. The smallest absolute Gasteiger partial charge is 0.292 e. The Kier molecular flexibility index (Phi) is 4.10. The minimum Gasteiger partial charge on any atom is -0.394 e. The Morgan fingerprint density at radius 2 is 1.74 bits per heavy atom. The molecule has 2 N–H and O–H groups in total. The van der Waals surface area contributed by atoms with E-state index in [2.05, 4.69) is 5.32 Å². The first-order chi connectivity index (χ1) is 9.22. The number of hydrogen-bond donors (Lipinski definition) is 2. The summed E-state index contributed by atoms with van der Waals surface area (Å²) in [5.74, 6) is 0. The molecular formula is C14H14N2O3. The van der Waals surface area contributed by atoms with Crippen molar-refractivity contribution in [1.82, 2.24) is 0 Å². The first-order valence-electron chi connectivity index (χ1n) is 5.88. The van der Waals surface area contributed by atoms with Crippen LogP contribution >= 0.6 is 0 Å².